The highest BCUT2D eigenvalue weighted by atomic mass is 35.5. The zero-order valence-electron chi connectivity index (χ0n) is 13.2. The lowest BCUT2D eigenvalue weighted by atomic mass is 9.88. The first-order valence-electron chi connectivity index (χ1n) is 7.74. The predicted octanol–water partition coefficient (Wildman–Crippen LogP) is 3.49. The highest BCUT2D eigenvalue weighted by Gasteiger charge is 2.29. The maximum Gasteiger partial charge on any atom is 0.229 e. The molecule has 3 rings (SSSR count). The topological polar surface area (TPSA) is 54.0 Å². The number of nitrogens with one attached hydrogen (secondary N) is 2. The molecule has 1 unspecified atom stereocenters. The third kappa shape index (κ3) is 3.91. The standard InChI is InChI=1S/C17H20ClN3OS/c1-10-5-14(18)4-3-12(10)6-15-9-20-17(23-15)21-16(22)11(2)13-7-19-8-13/h3-5,9,11,13,19H,6-8H2,1-2H3,(H,20,21,22). The number of aryl methyl sites for hydroxylation is 1. The lowest BCUT2D eigenvalue weighted by molar-refractivity contribution is -0.121. The molecule has 0 radical (unpaired) electrons. The maximum absolute atomic E-state index is 12.2. The van der Waals surface area contributed by atoms with Crippen molar-refractivity contribution in [1.29, 1.82) is 0 Å². The Labute approximate surface area is 145 Å². The molecule has 122 valence electrons. The van der Waals surface area contributed by atoms with Crippen molar-refractivity contribution >= 4 is 34.0 Å². The first-order chi connectivity index (χ1) is 11.0. The van der Waals surface area contributed by atoms with Crippen molar-refractivity contribution in [3.05, 3.63) is 45.4 Å². The summed E-state index contributed by atoms with van der Waals surface area (Å²) in [5.41, 5.74) is 2.40. The van der Waals surface area contributed by atoms with Gasteiger partial charge in [-0.2, -0.15) is 0 Å². The molecule has 0 bridgehead atoms. The van der Waals surface area contributed by atoms with Gasteiger partial charge in [-0.3, -0.25) is 4.79 Å². The van der Waals surface area contributed by atoms with Gasteiger partial charge in [-0.1, -0.05) is 24.6 Å². The van der Waals surface area contributed by atoms with E-state index >= 15 is 0 Å². The molecule has 1 aliphatic heterocycles. The van der Waals surface area contributed by atoms with E-state index in [4.69, 9.17) is 11.6 Å². The normalized spacial score (nSPS) is 16.0. The predicted molar refractivity (Wildman–Crippen MR) is 95.3 cm³/mol. The molecule has 0 saturated carbocycles. The quantitative estimate of drug-likeness (QED) is 0.868. The van der Waals surface area contributed by atoms with Crippen molar-refractivity contribution in [1.82, 2.24) is 10.3 Å². The molecular formula is C17H20ClN3OS. The summed E-state index contributed by atoms with van der Waals surface area (Å²) in [6.07, 6.45) is 2.64. The van der Waals surface area contributed by atoms with Gasteiger partial charge in [-0.05, 0) is 49.2 Å². The van der Waals surface area contributed by atoms with Gasteiger partial charge in [-0.25, -0.2) is 4.98 Å². The first-order valence-corrected chi connectivity index (χ1v) is 8.93. The molecule has 1 atom stereocenters. The Morgan fingerprint density at radius 1 is 1.52 bits per heavy atom. The van der Waals surface area contributed by atoms with E-state index in [2.05, 4.69) is 22.5 Å². The van der Waals surface area contributed by atoms with Crippen LogP contribution < -0.4 is 10.6 Å². The lowest BCUT2D eigenvalue weighted by Crippen LogP contribution is -2.48. The highest BCUT2D eigenvalue weighted by Crippen LogP contribution is 2.25. The second kappa shape index (κ2) is 6.99. The average molecular weight is 350 g/mol. The van der Waals surface area contributed by atoms with Crippen molar-refractivity contribution in [3.63, 3.8) is 0 Å². The monoisotopic (exact) mass is 349 g/mol. The number of hydrogen-bond donors (Lipinski definition) is 2. The molecule has 2 heterocycles. The molecule has 0 aliphatic carbocycles. The Morgan fingerprint density at radius 3 is 2.96 bits per heavy atom. The molecule has 23 heavy (non-hydrogen) atoms. The molecule has 6 heteroatoms. The summed E-state index contributed by atoms with van der Waals surface area (Å²) in [6, 6.07) is 5.91. The fraction of sp³-hybridized carbons (Fsp3) is 0.412. The summed E-state index contributed by atoms with van der Waals surface area (Å²) < 4.78 is 0. The number of anilines is 1. The van der Waals surface area contributed by atoms with E-state index in [1.807, 2.05) is 31.3 Å². The van der Waals surface area contributed by atoms with Crippen molar-refractivity contribution < 1.29 is 4.79 Å². The van der Waals surface area contributed by atoms with E-state index in [0.29, 0.717) is 11.0 Å². The van der Waals surface area contributed by atoms with E-state index in [9.17, 15) is 4.79 Å². The van der Waals surface area contributed by atoms with Gasteiger partial charge in [0.25, 0.3) is 0 Å². The van der Waals surface area contributed by atoms with Crippen molar-refractivity contribution in [2.45, 2.75) is 20.3 Å². The summed E-state index contributed by atoms with van der Waals surface area (Å²) in [6.45, 7) is 5.88. The van der Waals surface area contributed by atoms with E-state index in [1.54, 1.807) is 0 Å². The highest BCUT2D eigenvalue weighted by molar-refractivity contribution is 7.15. The summed E-state index contributed by atoms with van der Waals surface area (Å²) in [7, 11) is 0. The number of benzene rings is 1. The third-order valence-electron chi connectivity index (χ3n) is 4.39. The zero-order valence-corrected chi connectivity index (χ0v) is 14.8. The lowest BCUT2D eigenvalue weighted by Gasteiger charge is -2.31. The van der Waals surface area contributed by atoms with Crippen LogP contribution in [-0.2, 0) is 11.2 Å². The number of amides is 1. The van der Waals surface area contributed by atoms with Crippen LogP contribution >= 0.6 is 22.9 Å². The fourth-order valence-corrected chi connectivity index (χ4v) is 3.66. The summed E-state index contributed by atoms with van der Waals surface area (Å²) >= 11 is 7.52. The Hall–Kier alpha value is -1.43. The molecule has 1 fully saturated rings. The van der Waals surface area contributed by atoms with Crippen molar-refractivity contribution in [2.75, 3.05) is 18.4 Å². The molecule has 0 spiro atoms. The van der Waals surface area contributed by atoms with Crippen LogP contribution in [0.4, 0.5) is 5.13 Å². The van der Waals surface area contributed by atoms with Gasteiger partial charge in [0.05, 0.1) is 0 Å². The van der Waals surface area contributed by atoms with E-state index in [-0.39, 0.29) is 11.8 Å². The molecule has 1 aromatic heterocycles. The molecule has 2 N–H and O–H groups in total. The second-order valence-electron chi connectivity index (χ2n) is 6.08. The second-order valence-corrected chi connectivity index (χ2v) is 7.63. The van der Waals surface area contributed by atoms with Gasteiger partial charge in [-0.15, -0.1) is 11.3 Å². The van der Waals surface area contributed by atoms with Crippen LogP contribution in [0.1, 0.15) is 22.9 Å². The van der Waals surface area contributed by atoms with Crippen molar-refractivity contribution in [2.24, 2.45) is 11.8 Å². The smallest absolute Gasteiger partial charge is 0.229 e. The Morgan fingerprint density at radius 2 is 2.30 bits per heavy atom. The first kappa shape index (κ1) is 16.4. The SMILES string of the molecule is Cc1cc(Cl)ccc1Cc1cnc(NC(=O)C(C)C2CNC2)s1. The molecule has 1 aromatic carbocycles. The molecule has 4 nitrogen and oxygen atoms in total. The van der Waals surface area contributed by atoms with Crippen LogP contribution in [0.5, 0.6) is 0 Å². The van der Waals surface area contributed by atoms with Crippen LogP contribution in [0.15, 0.2) is 24.4 Å². The molecule has 1 aliphatic rings. The average Bonchev–Trinajstić information content (AvgIpc) is 2.87. The maximum atomic E-state index is 12.2. The number of halogens is 1. The third-order valence-corrected chi connectivity index (χ3v) is 5.53. The number of carbonyl (C=O) groups is 1. The van der Waals surface area contributed by atoms with Crippen LogP contribution in [0.2, 0.25) is 5.02 Å². The van der Waals surface area contributed by atoms with Crippen LogP contribution in [-0.4, -0.2) is 24.0 Å². The van der Waals surface area contributed by atoms with Gasteiger partial charge < -0.3 is 10.6 Å². The number of rotatable bonds is 5. The Balaban J connectivity index is 1.62. The Kier molecular flexibility index (Phi) is 4.99. The molecule has 1 amide bonds. The van der Waals surface area contributed by atoms with Gasteiger partial charge in [0.15, 0.2) is 5.13 Å². The van der Waals surface area contributed by atoms with E-state index in [1.165, 1.54) is 22.5 Å². The largest absolute Gasteiger partial charge is 0.316 e. The summed E-state index contributed by atoms with van der Waals surface area (Å²) in [4.78, 5) is 17.7. The number of thiazole rings is 1. The number of hydrogen-bond acceptors (Lipinski definition) is 4. The van der Waals surface area contributed by atoms with Crippen LogP contribution in [0.3, 0.4) is 0 Å². The summed E-state index contributed by atoms with van der Waals surface area (Å²) in [5, 5.41) is 7.57. The molecular weight excluding hydrogens is 330 g/mol. The molecule has 2 aromatic rings. The minimum Gasteiger partial charge on any atom is -0.316 e. The molecule has 1 saturated heterocycles. The van der Waals surface area contributed by atoms with Gasteiger partial charge in [0, 0.05) is 28.4 Å². The number of carbonyl (C=O) groups excluding carboxylic acids is 1. The fourth-order valence-electron chi connectivity index (χ4n) is 2.59. The van der Waals surface area contributed by atoms with Gasteiger partial charge in [0.2, 0.25) is 5.91 Å². The summed E-state index contributed by atoms with van der Waals surface area (Å²) in [5.74, 6) is 0.508. The van der Waals surface area contributed by atoms with Gasteiger partial charge in [0.1, 0.15) is 0 Å². The van der Waals surface area contributed by atoms with Crippen molar-refractivity contribution in [3.8, 4) is 0 Å². The van der Waals surface area contributed by atoms with Crippen LogP contribution in [0, 0.1) is 18.8 Å². The minimum atomic E-state index is 0.0158. The van der Waals surface area contributed by atoms with Crippen LogP contribution in [0.25, 0.3) is 0 Å². The van der Waals surface area contributed by atoms with E-state index < -0.39 is 0 Å². The zero-order chi connectivity index (χ0) is 16.4. The minimum absolute atomic E-state index is 0.0158. The van der Waals surface area contributed by atoms with E-state index in [0.717, 1.165) is 29.4 Å². The van der Waals surface area contributed by atoms with Gasteiger partial charge >= 0.3 is 0 Å². The number of nitrogens with zero attached hydrogens (tertiary/aromatic N) is 1. The number of aromatic nitrogens is 1. The Bertz CT molecular complexity index is 712.